The summed E-state index contributed by atoms with van der Waals surface area (Å²) >= 11 is 15.9. The maximum Gasteiger partial charge on any atom is 0.326 e. The number of amidine groups is 1. The summed E-state index contributed by atoms with van der Waals surface area (Å²) in [4.78, 5) is 76.0. The Hall–Kier alpha value is -6.63. The zero-order chi connectivity index (χ0) is 60.4. The number of benzene rings is 5. The summed E-state index contributed by atoms with van der Waals surface area (Å²) in [6, 6.07) is 33.0. The number of hydrogen-bond acceptors (Lipinski definition) is 12. The van der Waals surface area contributed by atoms with Crippen LogP contribution in [-0.2, 0) is 21.3 Å². The standard InChI is InChI=1S/C66H76Cl2N8O7S2/c1-10-82-56-38-47(64(4,5)6)21-28-53(56)59-71-65(7,45-17-22-48(67)23-18-45)66(8,46-19-24-49(68)25-20-46)76(59)63(80)75-35-31-73(32-36-75)50-13-11-12-14-52(39-50)83-51-26-15-44(16-27-51)60(78)70-62-69-41-58(85-62)84-57-40-54(55(81-9)37-42(57)2)61(79)74-33-29-72(30-34-74)43(3)77/h15-28,37-38,40-41,50,52H,10-14,29-36,39H2,1-9H3,(H,69,70,78)/t50-,52?,65-,66+/m0/s1. The molecule has 1 saturated carbocycles. The highest BCUT2D eigenvalue weighted by Crippen LogP contribution is 2.54. The van der Waals surface area contributed by atoms with Gasteiger partial charge in [-0.3, -0.25) is 34.5 Å². The fourth-order valence-electron chi connectivity index (χ4n) is 12.2. The Kier molecular flexibility index (Phi) is 18.6. The van der Waals surface area contributed by atoms with Gasteiger partial charge in [0.25, 0.3) is 11.8 Å². The van der Waals surface area contributed by atoms with E-state index in [9.17, 15) is 14.4 Å². The van der Waals surface area contributed by atoms with Gasteiger partial charge < -0.3 is 28.9 Å². The molecule has 0 spiro atoms. The minimum atomic E-state index is -1.04. The van der Waals surface area contributed by atoms with Gasteiger partial charge in [0.15, 0.2) is 5.13 Å². The number of carbonyl (C=O) groups excluding carboxylic acids is 4. The van der Waals surface area contributed by atoms with E-state index in [2.05, 4.69) is 68.0 Å². The Balaban J connectivity index is 0.795. The van der Waals surface area contributed by atoms with E-state index >= 15 is 4.79 Å². The van der Waals surface area contributed by atoms with Crippen molar-refractivity contribution in [3.63, 3.8) is 0 Å². The molecule has 3 fully saturated rings. The van der Waals surface area contributed by atoms with Crippen LogP contribution in [0.5, 0.6) is 17.2 Å². The number of halogens is 2. The molecule has 1 aromatic heterocycles. The van der Waals surface area contributed by atoms with Crippen LogP contribution in [0.4, 0.5) is 9.93 Å². The quantitative estimate of drug-likeness (QED) is 0.104. The van der Waals surface area contributed by atoms with Gasteiger partial charge in [-0.05, 0) is 154 Å². The van der Waals surface area contributed by atoms with Crippen LogP contribution < -0.4 is 19.5 Å². The van der Waals surface area contributed by atoms with E-state index in [0.29, 0.717) is 108 Å². The molecule has 15 nitrogen and oxygen atoms in total. The van der Waals surface area contributed by atoms with Crippen LogP contribution >= 0.6 is 46.3 Å². The molecule has 3 aliphatic heterocycles. The first-order chi connectivity index (χ1) is 40.7. The summed E-state index contributed by atoms with van der Waals surface area (Å²) in [5.74, 6) is 1.98. The zero-order valence-corrected chi connectivity index (χ0v) is 53.2. The Labute approximate surface area is 518 Å². The lowest BCUT2D eigenvalue weighted by Gasteiger charge is -2.48. The van der Waals surface area contributed by atoms with Gasteiger partial charge >= 0.3 is 6.03 Å². The minimum Gasteiger partial charge on any atom is -0.496 e. The second-order valence-corrected chi connectivity index (χ2v) is 27.0. The van der Waals surface area contributed by atoms with Crippen molar-refractivity contribution >= 4 is 81.0 Å². The molecule has 19 heteroatoms. The predicted octanol–water partition coefficient (Wildman–Crippen LogP) is 13.6. The third-order valence-corrected chi connectivity index (χ3v) is 20.0. The van der Waals surface area contributed by atoms with Gasteiger partial charge in [0.1, 0.15) is 40.3 Å². The summed E-state index contributed by atoms with van der Waals surface area (Å²) in [5, 5.41) is 4.62. The van der Waals surface area contributed by atoms with E-state index < -0.39 is 11.1 Å². The molecule has 85 heavy (non-hydrogen) atoms. The van der Waals surface area contributed by atoms with Gasteiger partial charge in [-0.25, -0.2) is 9.78 Å². The lowest BCUT2D eigenvalue weighted by atomic mass is 9.71. The van der Waals surface area contributed by atoms with Crippen LogP contribution in [-0.4, -0.2) is 137 Å². The van der Waals surface area contributed by atoms with Crippen LogP contribution in [0.15, 0.2) is 123 Å². The molecule has 5 amide bonds. The number of aromatic nitrogens is 1. The van der Waals surface area contributed by atoms with Gasteiger partial charge in [0.05, 0.1) is 35.2 Å². The number of urea groups is 1. The number of anilines is 1. The molecule has 0 radical (unpaired) electrons. The number of nitrogens with one attached hydrogen (secondary N) is 1. The second kappa shape index (κ2) is 25.8. The van der Waals surface area contributed by atoms with E-state index in [1.165, 1.54) is 23.1 Å². The first kappa shape index (κ1) is 61.5. The van der Waals surface area contributed by atoms with Gasteiger partial charge in [0.2, 0.25) is 5.91 Å². The molecule has 5 aromatic carbocycles. The number of aliphatic imine (C=N–C) groups is 1. The number of thiazole rings is 1. The second-order valence-electron chi connectivity index (χ2n) is 23.7. The molecule has 4 atom stereocenters. The number of piperazine rings is 2. The maximum atomic E-state index is 15.8. The third-order valence-electron chi connectivity index (χ3n) is 17.4. The Morgan fingerprint density at radius 2 is 1.41 bits per heavy atom. The number of carbonyl (C=O) groups is 4. The topological polar surface area (TPSA) is 149 Å². The number of methoxy groups -OCH3 is 1. The van der Waals surface area contributed by atoms with Crippen LogP contribution in [0.1, 0.15) is 129 Å². The van der Waals surface area contributed by atoms with Crippen molar-refractivity contribution in [2.45, 2.75) is 125 Å². The average Bonchev–Trinajstić information content (AvgIpc) is 1.62. The number of rotatable bonds is 14. The highest BCUT2D eigenvalue weighted by molar-refractivity contribution is 8.01. The Bertz CT molecular complexity index is 3450. The molecule has 0 bridgehead atoms. The molecular weight excluding hydrogens is 1150 g/mol. The smallest absolute Gasteiger partial charge is 0.326 e. The lowest BCUT2D eigenvalue weighted by Crippen LogP contribution is -2.61. The van der Waals surface area contributed by atoms with Crippen molar-refractivity contribution < 1.29 is 33.4 Å². The van der Waals surface area contributed by atoms with Gasteiger partial charge in [-0.2, -0.15) is 0 Å². The van der Waals surface area contributed by atoms with E-state index in [0.717, 1.165) is 69.0 Å². The fraction of sp³-hybridized carbons (Fsp3) is 0.424. The summed E-state index contributed by atoms with van der Waals surface area (Å²) in [6.07, 6.45) is 6.61. The van der Waals surface area contributed by atoms with Gasteiger partial charge in [-0.15, -0.1) is 0 Å². The molecular formula is C66H76Cl2N8O7S2. The monoisotopic (exact) mass is 1230 g/mol. The lowest BCUT2D eigenvalue weighted by molar-refractivity contribution is -0.130. The van der Waals surface area contributed by atoms with Crippen molar-refractivity contribution in [3.8, 4) is 17.2 Å². The molecule has 1 unspecified atom stereocenters. The average molecular weight is 1230 g/mol. The third kappa shape index (κ3) is 13.1. The summed E-state index contributed by atoms with van der Waals surface area (Å²) in [7, 11) is 1.56. The molecule has 1 N–H and O–H groups in total. The van der Waals surface area contributed by atoms with Crippen LogP contribution in [0.3, 0.4) is 0 Å². The van der Waals surface area contributed by atoms with Crippen molar-refractivity contribution in [2.75, 3.05) is 71.4 Å². The van der Waals surface area contributed by atoms with Crippen LogP contribution in [0.25, 0.3) is 0 Å². The molecule has 4 aliphatic rings. The number of nitrogens with zero attached hydrogens (tertiary/aromatic N) is 7. The fourth-order valence-corrected chi connectivity index (χ4v) is 14.4. The molecule has 1 aliphatic carbocycles. The highest BCUT2D eigenvalue weighted by atomic mass is 35.5. The first-order valence-corrected chi connectivity index (χ1v) is 31.7. The zero-order valence-electron chi connectivity index (χ0n) is 50.0. The van der Waals surface area contributed by atoms with Crippen molar-refractivity contribution in [3.05, 3.63) is 158 Å². The molecule has 6 aromatic rings. The van der Waals surface area contributed by atoms with E-state index in [4.69, 9.17) is 42.4 Å². The molecule has 4 heterocycles. The number of amides is 5. The minimum absolute atomic E-state index is 0.00280. The largest absolute Gasteiger partial charge is 0.496 e. The maximum absolute atomic E-state index is 15.8. The van der Waals surface area contributed by atoms with Crippen molar-refractivity contribution in [1.82, 2.24) is 29.5 Å². The van der Waals surface area contributed by atoms with E-state index in [-0.39, 0.29) is 41.3 Å². The number of ether oxygens (including phenoxy) is 3. The molecule has 448 valence electrons. The number of hydrogen-bond donors (Lipinski definition) is 1. The predicted molar refractivity (Wildman–Crippen MR) is 339 cm³/mol. The SMILES string of the molecule is CCOc1cc(C(C)(C)C)ccc1C1=N[C@@](C)(c2ccc(Cl)cc2)[C@@](C)(c2ccc(Cl)cc2)N1C(=O)N1CCN([C@H]2CCCCC(Oc3ccc(C(=O)Nc4ncc(Sc5cc(C(=O)N6CCN(C(C)=O)CC6)c(OC)cc5C)s4)cc3)C2)CC1. The summed E-state index contributed by atoms with van der Waals surface area (Å²) in [5.41, 5.74) is 3.37. The first-order valence-electron chi connectivity index (χ1n) is 29.4. The molecule has 2 saturated heterocycles. The highest BCUT2D eigenvalue weighted by Gasteiger charge is 2.60. The Morgan fingerprint density at radius 1 is 0.776 bits per heavy atom. The Morgan fingerprint density at radius 3 is 2.05 bits per heavy atom. The molecule has 10 rings (SSSR count). The van der Waals surface area contributed by atoms with Crippen molar-refractivity contribution in [1.29, 1.82) is 0 Å². The normalized spacial score (nSPS) is 21.3. The van der Waals surface area contributed by atoms with Gasteiger partial charge in [0, 0.05) is 85.8 Å². The van der Waals surface area contributed by atoms with Crippen LogP contribution in [0.2, 0.25) is 10.0 Å². The van der Waals surface area contributed by atoms with Crippen molar-refractivity contribution in [2.24, 2.45) is 4.99 Å². The van der Waals surface area contributed by atoms with Gasteiger partial charge in [-0.1, -0.05) is 104 Å². The van der Waals surface area contributed by atoms with E-state index in [1.54, 1.807) is 42.2 Å². The van der Waals surface area contributed by atoms with E-state index in [1.807, 2.05) is 96.4 Å². The summed E-state index contributed by atoms with van der Waals surface area (Å²) in [6.45, 7) is 21.0. The number of aryl methyl sites for hydroxylation is 1. The summed E-state index contributed by atoms with van der Waals surface area (Å²) < 4.78 is 19.6. The van der Waals surface area contributed by atoms with Crippen LogP contribution in [0, 0.1) is 6.92 Å².